The Bertz CT molecular complexity index is 982. The summed E-state index contributed by atoms with van der Waals surface area (Å²) in [7, 11) is 0. The average Bonchev–Trinajstić information content (AvgIpc) is 3.28. The molecule has 0 bridgehead atoms. The fourth-order valence-electron chi connectivity index (χ4n) is 8.63. The van der Waals surface area contributed by atoms with E-state index in [1.54, 1.807) is 6.08 Å². The maximum atomic E-state index is 12.4. The molecule has 3 N–H and O–H groups in total. The van der Waals surface area contributed by atoms with Gasteiger partial charge in [-0.2, -0.15) is 0 Å². The molecule has 0 saturated heterocycles. The molecule has 2 atom stereocenters. The van der Waals surface area contributed by atoms with Crippen LogP contribution in [0.25, 0.3) is 0 Å². The molecule has 0 aliphatic heterocycles. The number of hydrogen-bond donors (Lipinski definition) is 3. The Hall–Kier alpha value is -1.66. The molecule has 0 aromatic carbocycles. The van der Waals surface area contributed by atoms with Gasteiger partial charge < -0.3 is 20.3 Å². The topological polar surface area (TPSA) is 95.9 Å². The van der Waals surface area contributed by atoms with E-state index in [1.807, 2.05) is 6.08 Å². The van der Waals surface area contributed by atoms with E-state index >= 15 is 0 Å². The molecule has 6 heteroatoms. The first-order chi connectivity index (χ1) is 31.0. The highest BCUT2D eigenvalue weighted by Crippen LogP contribution is 2.16. The van der Waals surface area contributed by atoms with Crippen LogP contribution in [0.5, 0.6) is 0 Å². The van der Waals surface area contributed by atoms with Gasteiger partial charge in [0.15, 0.2) is 0 Å². The molecule has 0 spiro atoms. The normalized spacial score (nSPS) is 12.8. The zero-order valence-electron chi connectivity index (χ0n) is 42.3. The van der Waals surface area contributed by atoms with Crippen LogP contribution in [0.1, 0.15) is 303 Å². The fraction of sp³-hybridized carbons (Fsp3) is 0.895. The molecule has 0 radical (unpaired) electrons. The number of aliphatic hydroxyl groups excluding tert-OH is 2. The molecule has 1 amide bonds. The van der Waals surface area contributed by atoms with Crippen LogP contribution in [-0.4, -0.2) is 47.4 Å². The Morgan fingerprint density at radius 1 is 0.429 bits per heavy atom. The maximum absolute atomic E-state index is 12.4. The fourth-order valence-corrected chi connectivity index (χ4v) is 8.63. The van der Waals surface area contributed by atoms with E-state index in [2.05, 4.69) is 31.3 Å². The number of carbonyl (C=O) groups excluding carboxylic acids is 2. The number of unbranched alkanes of at least 4 members (excludes halogenated alkanes) is 39. The average molecular weight is 889 g/mol. The van der Waals surface area contributed by atoms with Crippen molar-refractivity contribution in [2.75, 3.05) is 13.2 Å². The Balaban J connectivity index is 3.44. The zero-order valence-corrected chi connectivity index (χ0v) is 42.3. The Labute approximate surface area is 392 Å². The van der Waals surface area contributed by atoms with Crippen LogP contribution in [0.15, 0.2) is 24.3 Å². The van der Waals surface area contributed by atoms with Gasteiger partial charge in [0.1, 0.15) is 0 Å². The van der Waals surface area contributed by atoms with E-state index in [0.717, 1.165) is 44.9 Å². The first-order valence-corrected chi connectivity index (χ1v) is 28.1. The summed E-state index contributed by atoms with van der Waals surface area (Å²) in [5, 5.41) is 23.0. The molecule has 0 rings (SSSR count). The van der Waals surface area contributed by atoms with Crippen LogP contribution >= 0.6 is 0 Å². The van der Waals surface area contributed by atoms with E-state index in [-0.39, 0.29) is 18.5 Å². The van der Waals surface area contributed by atoms with Crippen molar-refractivity contribution in [1.82, 2.24) is 5.32 Å². The van der Waals surface area contributed by atoms with Crippen LogP contribution in [0.4, 0.5) is 0 Å². The van der Waals surface area contributed by atoms with Gasteiger partial charge in [-0.15, -0.1) is 0 Å². The second-order valence-electron chi connectivity index (χ2n) is 19.3. The monoisotopic (exact) mass is 888 g/mol. The lowest BCUT2D eigenvalue weighted by Crippen LogP contribution is -2.45. The predicted octanol–water partition coefficient (Wildman–Crippen LogP) is 17.1. The highest BCUT2D eigenvalue weighted by molar-refractivity contribution is 5.76. The molecule has 0 aromatic rings. The first kappa shape index (κ1) is 61.3. The van der Waals surface area contributed by atoms with Gasteiger partial charge in [-0.1, -0.05) is 256 Å². The molecule has 0 aromatic heterocycles. The summed E-state index contributed by atoms with van der Waals surface area (Å²) in [5.41, 5.74) is 0. The van der Waals surface area contributed by atoms with Gasteiger partial charge in [-0.3, -0.25) is 9.59 Å². The number of ether oxygens (including phenoxy) is 1. The molecule has 372 valence electrons. The largest absolute Gasteiger partial charge is 0.466 e. The molecule has 6 nitrogen and oxygen atoms in total. The van der Waals surface area contributed by atoms with Crippen LogP contribution in [0.3, 0.4) is 0 Å². The molecule has 0 saturated carbocycles. The Morgan fingerprint density at radius 3 is 1.13 bits per heavy atom. The SMILES string of the molecule is CCCCCCCCCCCCC/C=C/C(O)C(CO)NC(=O)CCCCCCCCC/C=C\CCCCCCCCCCCCOC(=O)CCCCCCCCCCCCCC. The smallest absolute Gasteiger partial charge is 0.305 e. The van der Waals surface area contributed by atoms with Gasteiger partial charge in [0.25, 0.3) is 0 Å². The quantitative estimate of drug-likeness (QED) is 0.0321. The standard InChI is InChI=1S/C57H109NO5/c1-3-5-7-9-11-13-15-26-29-33-37-41-45-49-55(60)54(53-59)58-56(61)50-46-42-38-34-30-27-24-22-20-18-17-19-21-23-25-28-32-36-40-44-48-52-63-57(62)51-47-43-39-35-31-16-14-12-10-8-6-4-2/h18,20,45,49,54-55,59-60H,3-17,19,21-44,46-48,50-53H2,1-2H3,(H,58,61)/b20-18-,49-45+. The predicted molar refractivity (Wildman–Crippen MR) is 273 cm³/mol. The summed E-state index contributed by atoms with van der Waals surface area (Å²) in [5.74, 6) is -0.0675. The molecule has 63 heavy (non-hydrogen) atoms. The van der Waals surface area contributed by atoms with E-state index in [4.69, 9.17) is 4.74 Å². The molecular formula is C57H109NO5. The Kier molecular flexibility index (Phi) is 51.6. The van der Waals surface area contributed by atoms with E-state index < -0.39 is 12.1 Å². The summed E-state index contributed by atoms with van der Waals surface area (Å²) in [6, 6.07) is -0.632. The lowest BCUT2D eigenvalue weighted by atomic mass is 10.0. The first-order valence-electron chi connectivity index (χ1n) is 28.1. The van der Waals surface area contributed by atoms with E-state index in [0.29, 0.717) is 19.4 Å². The number of hydrogen-bond acceptors (Lipinski definition) is 5. The number of allylic oxidation sites excluding steroid dienone is 3. The summed E-state index contributed by atoms with van der Waals surface area (Å²) in [6.07, 6.45) is 63.4. The van der Waals surface area contributed by atoms with Crippen molar-refractivity contribution in [3.05, 3.63) is 24.3 Å². The third-order valence-corrected chi connectivity index (χ3v) is 13.0. The van der Waals surface area contributed by atoms with Crippen LogP contribution in [0, 0.1) is 0 Å². The highest BCUT2D eigenvalue weighted by Gasteiger charge is 2.18. The van der Waals surface area contributed by atoms with Crippen molar-refractivity contribution in [3.63, 3.8) is 0 Å². The zero-order chi connectivity index (χ0) is 45.8. The van der Waals surface area contributed by atoms with Gasteiger partial charge in [-0.25, -0.2) is 0 Å². The number of esters is 1. The minimum atomic E-state index is -0.848. The number of rotatable bonds is 52. The summed E-state index contributed by atoms with van der Waals surface area (Å²) in [6.45, 7) is 4.90. The summed E-state index contributed by atoms with van der Waals surface area (Å²) >= 11 is 0. The molecule has 2 unspecified atom stereocenters. The van der Waals surface area contributed by atoms with Crippen LogP contribution in [0.2, 0.25) is 0 Å². The molecule has 0 fully saturated rings. The number of aliphatic hydroxyl groups is 2. The number of carbonyl (C=O) groups is 2. The summed E-state index contributed by atoms with van der Waals surface area (Å²) < 4.78 is 5.46. The highest BCUT2D eigenvalue weighted by atomic mass is 16.5. The van der Waals surface area contributed by atoms with E-state index in [9.17, 15) is 19.8 Å². The van der Waals surface area contributed by atoms with Crippen LogP contribution < -0.4 is 5.32 Å². The minimum absolute atomic E-state index is 0.00813. The maximum Gasteiger partial charge on any atom is 0.305 e. The lowest BCUT2D eigenvalue weighted by molar-refractivity contribution is -0.143. The number of nitrogens with one attached hydrogen (secondary N) is 1. The molecule has 0 heterocycles. The van der Waals surface area contributed by atoms with Gasteiger partial charge in [0.05, 0.1) is 25.4 Å². The van der Waals surface area contributed by atoms with E-state index in [1.165, 1.54) is 231 Å². The van der Waals surface area contributed by atoms with Gasteiger partial charge in [0, 0.05) is 12.8 Å². The number of amides is 1. The third-order valence-electron chi connectivity index (χ3n) is 13.0. The van der Waals surface area contributed by atoms with Crippen molar-refractivity contribution >= 4 is 11.9 Å². The molecule has 0 aliphatic rings. The van der Waals surface area contributed by atoms with Crippen molar-refractivity contribution < 1.29 is 24.5 Å². The second-order valence-corrected chi connectivity index (χ2v) is 19.3. The van der Waals surface area contributed by atoms with Gasteiger partial charge in [0.2, 0.25) is 5.91 Å². The third kappa shape index (κ3) is 49.6. The van der Waals surface area contributed by atoms with Crippen molar-refractivity contribution in [2.45, 2.75) is 315 Å². The second kappa shape index (κ2) is 53.0. The summed E-state index contributed by atoms with van der Waals surface area (Å²) in [4.78, 5) is 24.4. The lowest BCUT2D eigenvalue weighted by Gasteiger charge is -2.20. The van der Waals surface area contributed by atoms with Crippen molar-refractivity contribution in [3.8, 4) is 0 Å². The van der Waals surface area contributed by atoms with Gasteiger partial charge in [-0.05, 0) is 57.8 Å². The minimum Gasteiger partial charge on any atom is -0.466 e. The molecule has 0 aliphatic carbocycles. The molecular weight excluding hydrogens is 779 g/mol. The van der Waals surface area contributed by atoms with Crippen LogP contribution in [-0.2, 0) is 14.3 Å². The van der Waals surface area contributed by atoms with Crippen molar-refractivity contribution in [1.29, 1.82) is 0 Å². The Morgan fingerprint density at radius 2 is 0.746 bits per heavy atom. The van der Waals surface area contributed by atoms with Crippen molar-refractivity contribution in [2.24, 2.45) is 0 Å². The van der Waals surface area contributed by atoms with Gasteiger partial charge >= 0.3 is 5.97 Å².